The molecule has 4 aliphatic rings. The lowest BCUT2D eigenvalue weighted by Crippen LogP contribution is -2.35. The first-order chi connectivity index (χ1) is 33.8. The quantitative estimate of drug-likeness (QED) is 0.0301. The van der Waals surface area contributed by atoms with Crippen LogP contribution in [-0.4, -0.2) is 85.5 Å². The number of anilines is 4. The van der Waals surface area contributed by atoms with Crippen molar-refractivity contribution < 1.29 is 52.6 Å². The largest absolute Gasteiger partial charge is 0.507 e. The highest BCUT2D eigenvalue weighted by Gasteiger charge is 2.29. The van der Waals surface area contributed by atoms with Crippen LogP contribution in [0.15, 0.2) is 72.8 Å². The summed E-state index contributed by atoms with van der Waals surface area (Å²) in [4.78, 5) is 45.2. The van der Waals surface area contributed by atoms with Crippen LogP contribution in [0, 0.1) is 11.8 Å². The van der Waals surface area contributed by atoms with E-state index in [0.717, 1.165) is 35.4 Å². The number of ether oxygens (including phenoxy) is 7. The molecule has 5 aromatic rings. The van der Waals surface area contributed by atoms with Crippen LogP contribution in [0.3, 0.4) is 0 Å². The molecule has 0 spiro atoms. The number of carbonyl (C=O) groups excluding carboxylic acids is 3. The van der Waals surface area contributed by atoms with Crippen molar-refractivity contribution >= 4 is 53.7 Å². The minimum absolute atomic E-state index is 0. The van der Waals surface area contributed by atoms with Crippen LogP contribution < -0.4 is 51.3 Å². The number of fused-ring (bicyclic) bond motifs is 2. The molecule has 71 heavy (non-hydrogen) atoms. The number of phenolic OH excluding ortho intramolecular Hbond substituents is 1. The predicted molar refractivity (Wildman–Crippen MR) is 270 cm³/mol. The van der Waals surface area contributed by atoms with Gasteiger partial charge in [-0.05, 0) is 112 Å². The molecule has 0 unspecified atom stereocenters. The second-order valence-electron chi connectivity index (χ2n) is 18.2. The maximum Gasteiger partial charge on any atom is 0.413 e. The molecule has 378 valence electrons. The number of aromatic hydroxyl groups is 1. The van der Waals surface area contributed by atoms with Crippen molar-refractivity contribution in [3.63, 3.8) is 0 Å². The van der Waals surface area contributed by atoms with Gasteiger partial charge in [0, 0.05) is 37.6 Å². The lowest BCUT2D eigenvalue weighted by molar-refractivity contribution is 0.0529. The number of cyclic esters (lactones) is 2. The van der Waals surface area contributed by atoms with E-state index in [1.807, 2.05) is 81.4 Å². The van der Waals surface area contributed by atoms with Gasteiger partial charge in [0.15, 0.2) is 0 Å². The number of nitrogens with one attached hydrogen (secondary N) is 5. The van der Waals surface area contributed by atoms with Crippen LogP contribution >= 0.6 is 12.4 Å². The van der Waals surface area contributed by atoms with Crippen LogP contribution in [0.1, 0.15) is 63.1 Å². The fraction of sp³-hybridized carbons (Fsp3) is 0.392. The Labute approximate surface area is 418 Å². The first-order valence-corrected chi connectivity index (χ1v) is 23.4. The van der Waals surface area contributed by atoms with Crippen molar-refractivity contribution in [2.45, 2.75) is 71.9 Å². The Morgan fingerprint density at radius 1 is 0.746 bits per heavy atom. The third kappa shape index (κ3) is 14.1. The summed E-state index contributed by atoms with van der Waals surface area (Å²) in [5.41, 5.74) is 11.1. The Kier molecular flexibility index (Phi) is 17.0. The Hall–Kier alpha value is -7.38. The van der Waals surface area contributed by atoms with Gasteiger partial charge in [0.1, 0.15) is 65.8 Å². The van der Waals surface area contributed by atoms with Gasteiger partial charge >= 0.3 is 18.3 Å². The Morgan fingerprint density at radius 2 is 1.27 bits per heavy atom. The van der Waals surface area contributed by atoms with E-state index in [9.17, 15) is 19.5 Å². The molecule has 2 aliphatic carbocycles. The first-order valence-electron chi connectivity index (χ1n) is 23.4. The number of phenols is 1. The summed E-state index contributed by atoms with van der Waals surface area (Å²) in [7, 11) is 1.63. The maximum absolute atomic E-state index is 12.1. The van der Waals surface area contributed by atoms with Crippen molar-refractivity contribution in [1.82, 2.24) is 15.3 Å². The van der Waals surface area contributed by atoms with Crippen molar-refractivity contribution in [3.05, 3.63) is 89.5 Å². The molecule has 3 aromatic carbocycles. The van der Waals surface area contributed by atoms with Crippen LogP contribution in [0.2, 0.25) is 0 Å². The number of hydrogen-bond acceptors (Lipinski definition) is 16. The fourth-order valence-electron chi connectivity index (χ4n) is 7.41. The second kappa shape index (κ2) is 23.5. The molecule has 2 aliphatic heterocycles. The zero-order valence-corrected chi connectivity index (χ0v) is 41.0. The smallest absolute Gasteiger partial charge is 0.413 e. The minimum Gasteiger partial charge on any atom is -0.507 e. The number of aromatic nitrogens is 2. The second-order valence-corrected chi connectivity index (χ2v) is 18.2. The molecule has 0 atom stereocenters. The van der Waals surface area contributed by atoms with Crippen LogP contribution in [0.4, 0.5) is 37.4 Å². The van der Waals surface area contributed by atoms with E-state index in [-0.39, 0.29) is 31.4 Å². The number of methoxy groups -OCH3 is 1. The monoisotopic (exact) mass is 996 g/mol. The normalized spacial score (nSPS) is 14.4. The Balaban J connectivity index is 0.000000227. The van der Waals surface area contributed by atoms with Gasteiger partial charge in [0.25, 0.3) is 0 Å². The van der Waals surface area contributed by atoms with Crippen LogP contribution in [0.25, 0.3) is 22.5 Å². The molecule has 2 aromatic heterocycles. The number of carbonyl (C=O) groups is 3. The molecule has 2 saturated carbocycles. The highest BCUT2D eigenvalue weighted by Crippen LogP contribution is 2.44. The van der Waals surface area contributed by atoms with E-state index in [1.165, 1.54) is 12.8 Å². The molecular weight excluding hydrogens is 936 g/mol. The van der Waals surface area contributed by atoms with Crippen molar-refractivity contribution in [1.29, 1.82) is 0 Å². The summed E-state index contributed by atoms with van der Waals surface area (Å²) >= 11 is 0. The van der Waals surface area contributed by atoms with E-state index in [4.69, 9.17) is 43.9 Å². The van der Waals surface area contributed by atoms with Gasteiger partial charge in [-0.2, -0.15) is 0 Å². The topological polar surface area (TPSA) is 248 Å². The Morgan fingerprint density at radius 3 is 1.80 bits per heavy atom. The van der Waals surface area contributed by atoms with Crippen molar-refractivity contribution in [2.75, 3.05) is 67.8 Å². The molecule has 20 heteroatoms. The van der Waals surface area contributed by atoms with Crippen molar-refractivity contribution in [2.24, 2.45) is 17.6 Å². The number of nitrogens with zero attached hydrogens (tertiary/aromatic N) is 2. The molecule has 2 fully saturated rings. The lowest BCUT2D eigenvalue weighted by Gasteiger charge is -2.23. The number of alkyl carbamates (subject to hydrolysis) is 1. The molecule has 0 saturated heterocycles. The number of nitrogens with two attached hydrogens (primary N) is 1. The summed E-state index contributed by atoms with van der Waals surface area (Å²) in [6, 6.07) is 22.2. The van der Waals surface area contributed by atoms with E-state index in [2.05, 4.69) is 31.6 Å². The summed E-state index contributed by atoms with van der Waals surface area (Å²) in [5, 5.41) is 25.1. The van der Waals surface area contributed by atoms with Gasteiger partial charge in [0.2, 0.25) is 0 Å². The number of amides is 3. The molecule has 0 bridgehead atoms. The van der Waals surface area contributed by atoms with E-state index < -0.39 is 23.9 Å². The van der Waals surface area contributed by atoms with Gasteiger partial charge in [-0.3, -0.25) is 10.6 Å². The average Bonchev–Trinajstić information content (AvgIpc) is 4.29. The number of halogens is 1. The summed E-state index contributed by atoms with van der Waals surface area (Å²) < 4.78 is 39.4. The van der Waals surface area contributed by atoms with Crippen LogP contribution in [-0.2, 0) is 34.0 Å². The predicted octanol–water partition coefficient (Wildman–Crippen LogP) is 9.22. The highest BCUT2D eigenvalue weighted by atomic mass is 35.5. The first kappa shape index (κ1) is 51.5. The molecule has 19 nitrogen and oxygen atoms in total. The van der Waals surface area contributed by atoms with Gasteiger partial charge in [-0.1, -0.05) is 24.3 Å². The maximum atomic E-state index is 12.1. The minimum atomic E-state index is -0.589. The summed E-state index contributed by atoms with van der Waals surface area (Å²) in [5.74, 6) is 4.54. The van der Waals surface area contributed by atoms with Crippen LogP contribution in [0.5, 0.6) is 28.7 Å². The van der Waals surface area contributed by atoms with E-state index >= 15 is 0 Å². The molecule has 0 radical (unpaired) electrons. The Bertz CT molecular complexity index is 2680. The van der Waals surface area contributed by atoms with E-state index in [1.54, 1.807) is 19.2 Å². The fourth-order valence-corrected chi connectivity index (χ4v) is 7.41. The van der Waals surface area contributed by atoms with Crippen molar-refractivity contribution in [3.8, 4) is 51.3 Å². The number of rotatable bonds is 19. The summed E-state index contributed by atoms with van der Waals surface area (Å²) in [6.07, 6.45) is 3.01. The van der Waals surface area contributed by atoms with Gasteiger partial charge in [-0.25, -0.2) is 24.4 Å². The third-order valence-electron chi connectivity index (χ3n) is 11.4. The number of benzene rings is 3. The lowest BCUT2D eigenvalue weighted by atomic mass is 10.1. The standard InChI is InChI=1S/C32H38N4O7.C19H22N4O4.ClH/c1-32(2,3)43-30(37)34-15-14-33-24-16-25(35-29-23(24)19-42-31(38)36-29)28-26(40-17-20-8-9-20)6-5-7-27(28)41-18-21-10-12-22(39-4)13-11-21;20-6-7-21-13-8-14(22-18-12(13)10-27-19(25)23-18)17-15(24)2-1-3-16(17)26-9-11-4-5-11;/h5-7,10-13,16,20H,8-9,14-15,17-19H2,1-4H3,(H,34,37)(H2,33,35,36,38);1-3,8,11,24H,4-7,9-10,20H2,(H2,21,22,23,25);1H. The molecule has 4 heterocycles. The molecular formula is C51H61ClN8O11. The van der Waals surface area contributed by atoms with Gasteiger partial charge < -0.3 is 59.9 Å². The highest BCUT2D eigenvalue weighted by molar-refractivity contribution is 5.91. The van der Waals surface area contributed by atoms with E-state index in [0.29, 0.717) is 120 Å². The number of hydrogen-bond donors (Lipinski definition) is 7. The molecule has 8 N–H and O–H groups in total. The van der Waals surface area contributed by atoms with Gasteiger partial charge in [0.05, 0.1) is 54.0 Å². The SMILES string of the molecule is COc1ccc(COc2cccc(OCC3CC3)c2-c2cc(NCCNC(=O)OC(C)(C)C)c3c(n2)NC(=O)OC3)cc1.Cl.NCCNc1cc(-c2c(O)cccc2OCC2CC2)nc2c1COC(=O)N2. The average molecular weight is 998 g/mol. The molecule has 3 amide bonds. The third-order valence-corrected chi connectivity index (χ3v) is 11.4. The van der Waals surface area contributed by atoms with Gasteiger partial charge in [-0.15, -0.1) is 12.4 Å². The summed E-state index contributed by atoms with van der Waals surface area (Å²) in [6.45, 7) is 8.85. The molecule has 9 rings (SSSR count). The zero-order chi connectivity index (χ0) is 49.2. The number of pyridine rings is 2. The zero-order valence-electron chi connectivity index (χ0n) is 40.2.